The van der Waals surface area contributed by atoms with Crippen molar-refractivity contribution < 1.29 is 8.42 Å². The predicted octanol–water partition coefficient (Wildman–Crippen LogP) is 1.19. The molecular formula is C11H24N2O2S. The average molecular weight is 248 g/mol. The van der Waals surface area contributed by atoms with Gasteiger partial charge < -0.3 is 5.32 Å². The number of nitrogens with zero attached hydrogens (tertiary/aromatic N) is 1. The van der Waals surface area contributed by atoms with Crippen molar-refractivity contribution in [3.8, 4) is 0 Å². The first-order valence-electron chi connectivity index (χ1n) is 6.31. The zero-order valence-corrected chi connectivity index (χ0v) is 11.2. The van der Waals surface area contributed by atoms with Gasteiger partial charge in [0.25, 0.3) is 0 Å². The van der Waals surface area contributed by atoms with Gasteiger partial charge in [-0.05, 0) is 32.2 Å². The summed E-state index contributed by atoms with van der Waals surface area (Å²) < 4.78 is 25.3. The van der Waals surface area contributed by atoms with Crippen molar-refractivity contribution >= 4 is 10.0 Å². The zero-order valence-electron chi connectivity index (χ0n) is 10.4. The van der Waals surface area contributed by atoms with Gasteiger partial charge in [0.2, 0.25) is 10.0 Å². The Hall–Kier alpha value is -0.130. The van der Waals surface area contributed by atoms with E-state index in [9.17, 15) is 8.42 Å². The summed E-state index contributed by atoms with van der Waals surface area (Å²) in [7, 11) is -2.97. The first kappa shape index (κ1) is 13.9. The maximum Gasteiger partial charge on any atom is 0.214 e. The monoisotopic (exact) mass is 248 g/mol. The summed E-state index contributed by atoms with van der Waals surface area (Å²) in [6.07, 6.45) is 3.73. The molecule has 0 aromatic heterocycles. The number of nitrogens with one attached hydrogen (secondary N) is 1. The Labute approximate surface area is 99.5 Å². The highest BCUT2D eigenvalue weighted by Crippen LogP contribution is 2.14. The van der Waals surface area contributed by atoms with Gasteiger partial charge in [0, 0.05) is 19.1 Å². The smallest absolute Gasteiger partial charge is 0.214 e. The molecule has 5 heteroatoms. The van der Waals surface area contributed by atoms with Crippen LogP contribution in [0.1, 0.15) is 39.5 Å². The van der Waals surface area contributed by atoms with Gasteiger partial charge >= 0.3 is 0 Å². The van der Waals surface area contributed by atoms with E-state index < -0.39 is 10.0 Å². The second-order valence-electron chi connectivity index (χ2n) is 4.44. The lowest BCUT2D eigenvalue weighted by Crippen LogP contribution is -2.45. The molecule has 1 heterocycles. The molecule has 1 aliphatic rings. The highest BCUT2D eigenvalue weighted by molar-refractivity contribution is 7.89. The number of hydrogen-bond acceptors (Lipinski definition) is 3. The molecule has 1 aliphatic heterocycles. The Bertz CT molecular complexity index is 282. The highest BCUT2D eigenvalue weighted by Gasteiger charge is 2.26. The van der Waals surface area contributed by atoms with Crippen molar-refractivity contribution in [2.75, 3.05) is 25.4 Å². The molecule has 0 unspecified atom stereocenters. The van der Waals surface area contributed by atoms with Crippen molar-refractivity contribution in [1.29, 1.82) is 0 Å². The van der Waals surface area contributed by atoms with E-state index in [0.717, 1.165) is 25.8 Å². The number of sulfonamides is 1. The second kappa shape index (κ2) is 6.57. The maximum atomic E-state index is 11.8. The van der Waals surface area contributed by atoms with Gasteiger partial charge in [-0.3, -0.25) is 0 Å². The Balaban J connectivity index is 2.37. The Morgan fingerprint density at radius 3 is 2.31 bits per heavy atom. The van der Waals surface area contributed by atoms with Crippen LogP contribution >= 0.6 is 0 Å². The fourth-order valence-electron chi connectivity index (χ4n) is 2.07. The van der Waals surface area contributed by atoms with Crippen molar-refractivity contribution in [1.82, 2.24) is 9.62 Å². The Kier molecular flexibility index (Phi) is 5.72. The van der Waals surface area contributed by atoms with E-state index in [1.165, 1.54) is 0 Å². The minimum absolute atomic E-state index is 0.292. The van der Waals surface area contributed by atoms with E-state index in [-0.39, 0.29) is 0 Å². The van der Waals surface area contributed by atoms with Crippen LogP contribution in [0.5, 0.6) is 0 Å². The lowest BCUT2D eigenvalue weighted by molar-refractivity contribution is 0.290. The van der Waals surface area contributed by atoms with Crippen LogP contribution in [0.25, 0.3) is 0 Å². The highest BCUT2D eigenvalue weighted by atomic mass is 32.2. The van der Waals surface area contributed by atoms with E-state index in [1.54, 1.807) is 4.31 Å². The number of rotatable bonds is 6. The molecule has 0 spiro atoms. The van der Waals surface area contributed by atoms with Crippen LogP contribution in [-0.4, -0.2) is 44.2 Å². The average Bonchev–Trinajstić information content (AvgIpc) is 2.27. The summed E-state index contributed by atoms with van der Waals surface area (Å²) in [5.74, 6) is 0.292. The lowest BCUT2D eigenvalue weighted by Gasteiger charge is -2.31. The molecule has 0 atom stereocenters. The molecule has 1 N–H and O–H groups in total. The first-order valence-corrected chi connectivity index (χ1v) is 7.92. The van der Waals surface area contributed by atoms with Crippen molar-refractivity contribution in [2.24, 2.45) is 0 Å². The molecular weight excluding hydrogens is 224 g/mol. The van der Waals surface area contributed by atoms with Gasteiger partial charge in [-0.2, -0.15) is 0 Å². The van der Waals surface area contributed by atoms with Crippen LogP contribution in [0.3, 0.4) is 0 Å². The van der Waals surface area contributed by atoms with Crippen molar-refractivity contribution in [3.05, 3.63) is 0 Å². The van der Waals surface area contributed by atoms with E-state index in [2.05, 4.69) is 12.2 Å². The molecule has 0 aliphatic carbocycles. The third-order valence-electron chi connectivity index (χ3n) is 2.99. The molecule has 96 valence electrons. The topological polar surface area (TPSA) is 49.4 Å². The van der Waals surface area contributed by atoms with Gasteiger partial charge in [0.15, 0.2) is 0 Å². The molecule has 1 fully saturated rings. The second-order valence-corrected chi connectivity index (χ2v) is 6.53. The number of piperidine rings is 1. The molecule has 4 nitrogen and oxygen atoms in total. The Morgan fingerprint density at radius 1 is 1.19 bits per heavy atom. The molecule has 0 saturated carbocycles. The van der Waals surface area contributed by atoms with E-state index >= 15 is 0 Å². The molecule has 1 saturated heterocycles. The summed E-state index contributed by atoms with van der Waals surface area (Å²) >= 11 is 0. The Morgan fingerprint density at radius 2 is 1.81 bits per heavy atom. The van der Waals surface area contributed by atoms with Gasteiger partial charge in [-0.1, -0.05) is 13.8 Å². The summed E-state index contributed by atoms with van der Waals surface area (Å²) in [4.78, 5) is 0. The molecule has 0 amide bonds. The maximum absolute atomic E-state index is 11.8. The summed E-state index contributed by atoms with van der Waals surface area (Å²) in [5, 5.41) is 3.45. The van der Waals surface area contributed by atoms with Crippen LogP contribution in [-0.2, 0) is 10.0 Å². The SMILES string of the molecule is CCCNC1CCN(S(=O)(=O)CCC)CC1. The number of hydrogen-bond donors (Lipinski definition) is 1. The summed E-state index contributed by atoms with van der Waals surface area (Å²) in [6.45, 7) is 6.46. The molecule has 0 aromatic rings. The lowest BCUT2D eigenvalue weighted by atomic mass is 10.1. The van der Waals surface area contributed by atoms with Crippen LogP contribution in [0.15, 0.2) is 0 Å². The summed E-state index contributed by atoms with van der Waals surface area (Å²) in [5.41, 5.74) is 0. The van der Waals surface area contributed by atoms with Crippen LogP contribution in [0, 0.1) is 0 Å². The van der Waals surface area contributed by atoms with E-state index in [1.807, 2.05) is 6.92 Å². The van der Waals surface area contributed by atoms with Crippen molar-refractivity contribution in [2.45, 2.75) is 45.6 Å². The molecule has 0 aromatic carbocycles. The normalized spacial score (nSPS) is 20.1. The fourth-order valence-corrected chi connectivity index (χ4v) is 3.61. The van der Waals surface area contributed by atoms with Gasteiger partial charge in [-0.15, -0.1) is 0 Å². The van der Waals surface area contributed by atoms with Crippen LogP contribution in [0.2, 0.25) is 0 Å². The van der Waals surface area contributed by atoms with Crippen LogP contribution in [0.4, 0.5) is 0 Å². The van der Waals surface area contributed by atoms with Gasteiger partial charge in [-0.25, -0.2) is 12.7 Å². The fraction of sp³-hybridized carbons (Fsp3) is 1.00. The molecule has 0 bridgehead atoms. The van der Waals surface area contributed by atoms with E-state index in [4.69, 9.17) is 0 Å². The van der Waals surface area contributed by atoms with Gasteiger partial charge in [0.1, 0.15) is 0 Å². The predicted molar refractivity (Wildman–Crippen MR) is 67.0 cm³/mol. The third kappa shape index (κ3) is 4.03. The summed E-state index contributed by atoms with van der Waals surface area (Å²) in [6, 6.07) is 0.507. The molecule has 1 rings (SSSR count). The largest absolute Gasteiger partial charge is 0.314 e. The zero-order chi connectivity index (χ0) is 12.0. The minimum atomic E-state index is -2.97. The molecule has 0 radical (unpaired) electrons. The third-order valence-corrected chi connectivity index (χ3v) is 5.07. The van der Waals surface area contributed by atoms with E-state index in [0.29, 0.717) is 31.3 Å². The first-order chi connectivity index (χ1) is 7.60. The quantitative estimate of drug-likeness (QED) is 0.768. The molecule has 16 heavy (non-hydrogen) atoms. The van der Waals surface area contributed by atoms with Crippen LogP contribution < -0.4 is 5.32 Å². The minimum Gasteiger partial charge on any atom is -0.314 e. The van der Waals surface area contributed by atoms with Gasteiger partial charge in [0.05, 0.1) is 5.75 Å². The standard InChI is InChI=1S/C11H24N2O2S/c1-3-7-12-11-5-8-13(9-6-11)16(14,15)10-4-2/h11-12H,3-10H2,1-2H3. The van der Waals surface area contributed by atoms with Crippen molar-refractivity contribution in [3.63, 3.8) is 0 Å².